The van der Waals surface area contributed by atoms with Crippen molar-refractivity contribution in [2.24, 2.45) is 0 Å². The van der Waals surface area contributed by atoms with Gasteiger partial charge in [-0.3, -0.25) is 0 Å². The van der Waals surface area contributed by atoms with Crippen LogP contribution >= 0.6 is 11.3 Å². The number of phenols is 1. The second-order valence-electron chi connectivity index (χ2n) is 8.02. The summed E-state index contributed by atoms with van der Waals surface area (Å²) in [4.78, 5) is 0. The zero-order valence-corrected chi connectivity index (χ0v) is 18.4. The molecule has 1 heterocycles. The Morgan fingerprint density at radius 3 is 2.16 bits per heavy atom. The van der Waals surface area contributed by atoms with E-state index in [0.717, 1.165) is 32.3 Å². The lowest BCUT2D eigenvalue weighted by Crippen LogP contribution is -1.91. The van der Waals surface area contributed by atoms with Crippen LogP contribution in [-0.4, -0.2) is 12.2 Å². The topological polar surface area (TPSA) is 32.3 Å². The number of benzene rings is 5. The summed E-state index contributed by atoms with van der Waals surface area (Å²) in [7, 11) is 1.85. The van der Waals surface area contributed by atoms with Gasteiger partial charge >= 0.3 is 0 Å². The zero-order chi connectivity index (χ0) is 21.7. The Morgan fingerprint density at radius 1 is 0.688 bits per heavy atom. The number of aromatic hydroxyl groups is 1. The maximum atomic E-state index is 11.0. The second kappa shape index (κ2) is 7.40. The Labute approximate surface area is 190 Å². The third-order valence-corrected chi connectivity index (χ3v) is 7.35. The molecule has 0 saturated heterocycles. The van der Waals surface area contributed by atoms with E-state index in [4.69, 9.17) is 0 Å². The SMILES string of the molecule is CNc1cc(-c2ccc3cc(-c4ccccc4)ccc3c2)c2sc3ccccc3c2c1O. The standard InChI is InChI=1S/C29H21NOS/c1-30-25-17-24(29-27(28(25)31)23-9-5-6-10-26(23)32-29)22-14-13-20-15-19(11-12-21(20)16-22)18-7-3-2-4-8-18/h2-17,30-31H,1H3. The van der Waals surface area contributed by atoms with Crippen molar-refractivity contribution >= 4 is 48.0 Å². The molecular formula is C29H21NOS. The van der Waals surface area contributed by atoms with E-state index < -0.39 is 0 Å². The van der Waals surface area contributed by atoms with Crippen LogP contribution in [0, 0.1) is 0 Å². The highest BCUT2D eigenvalue weighted by atomic mass is 32.1. The normalized spacial score (nSPS) is 11.4. The van der Waals surface area contributed by atoms with Gasteiger partial charge in [0.2, 0.25) is 0 Å². The minimum absolute atomic E-state index is 0.317. The highest BCUT2D eigenvalue weighted by Gasteiger charge is 2.17. The molecule has 0 fully saturated rings. The summed E-state index contributed by atoms with van der Waals surface area (Å²) in [5.41, 5.74) is 5.48. The smallest absolute Gasteiger partial charge is 0.147 e. The van der Waals surface area contributed by atoms with Gasteiger partial charge in [-0.15, -0.1) is 11.3 Å². The number of thiophene rings is 1. The van der Waals surface area contributed by atoms with Gasteiger partial charge in [-0.1, -0.05) is 72.8 Å². The van der Waals surface area contributed by atoms with E-state index in [1.807, 2.05) is 25.2 Å². The Morgan fingerprint density at radius 2 is 1.38 bits per heavy atom. The molecule has 6 aromatic rings. The Kier molecular flexibility index (Phi) is 4.37. The lowest BCUT2D eigenvalue weighted by molar-refractivity contribution is 0.484. The number of fused-ring (bicyclic) bond motifs is 4. The van der Waals surface area contributed by atoms with Crippen LogP contribution in [0.2, 0.25) is 0 Å². The van der Waals surface area contributed by atoms with Crippen LogP contribution in [0.15, 0.2) is 97.1 Å². The minimum atomic E-state index is 0.317. The molecule has 0 spiro atoms. The van der Waals surface area contributed by atoms with Gasteiger partial charge in [-0.25, -0.2) is 0 Å². The molecule has 0 aliphatic carbocycles. The first-order valence-corrected chi connectivity index (χ1v) is 11.5. The molecule has 0 aliphatic rings. The van der Waals surface area contributed by atoms with Crippen molar-refractivity contribution in [2.45, 2.75) is 0 Å². The van der Waals surface area contributed by atoms with Crippen LogP contribution < -0.4 is 5.32 Å². The first-order valence-electron chi connectivity index (χ1n) is 10.7. The van der Waals surface area contributed by atoms with Gasteiger partial charge in [0.15, 0.2) is 0 Å². The highest BCUT2D eigenvalue weighted by molar-refractivity contribution is 7.26. The molecule has 0 aliphatic heterocycles. The van der Waals surface area contributed by atoms with E-state index in [1.165, 1.54) is 26.6 Å². The molecule has 32 heavy (non-hydrogen) atoms. The van der Waals surface area contributed by atoms with E-state index in [0.29, 0.717) is 5.75 Å². The fourth-order valence-electron chi connectivity index (χ4n) is 4.51. The third kappa shape index (κ3) is 2.94. The molecule has 0 unspecified atom stereocenters. The summed E-state index contributed by atoms with van der Waals surface area (Å²) in [5, 5.41) is 18.6. The van der Waals surface area contributed by atoms with Crippen LogP contribution in [0.25, 0.3) is 53.2 Å². The van der Waals surface area contributed by atoms with E-state index in [9.17, 15) is 5.11 Å². The first kappa shape index (κ1) is 18.9. The van der Waals surface area contributed by atoms with Crippen molar-refractivity contribution in [1.82, 2.24) is 0 Å². The molecule has 0 saturated carbocycles. The molecule has 0 amide bonds. The fourth-order valence-corrected chi connectivity index (χ4v) is 5.75. The molecule has 2 N–H and O–H groups in total. The average Bonchev–Trinajstić information content (AvgIpc) is 3.24. The summed E-state index contributed by atoms with van der Waals surface area (Å²) in [6, 6.07) is 34.1. The van der Waals surface area contributed by atoms with Crippen molar-refractivity contribution in [3.8, 4) is 28.0 Å². The summed E-state index contributed by atoms with van der Waals surface area (Å²) >= 11 is 1.73. The highest BCUT2D eigenvalue weighted by Crippen LogP contribution is 2.47. The van der Waals surface area contributed by atoms with E-state index in [2.05, 4.69) is 84.2 Å². The van der Waals surface area contributed by atoms with Crippen LogP contribution in [0.4, 0.5) is 5.69 Å². The summed E-state index contributed by atoms with van der Waals surface area (Å²) in [5.74, 6) is 0.317. The quantitative estimate of drug-likeness (QED) is 0.276. The van der Waals surface area contributed by atoms with Gasteiger partial charge < -0.3 is 10.4 Å². The van der Waals surface area contributed by atoms with Gasteiger partial charge in [-0.2, -0.15) is 0 Å². The van der Waals surface area contributed by atoms with Crippen LogP contribution in [0.1, 0.15) is 0 Å². The molecule has 3 heteroatoms. The summed E-state index contributed by atoms with van der Waals surface area (Å²) in [6.07, 6.45) is 0. The van der Waals surface area contributed by atoms with Crippen LogP contribution in [0.5, 0.6) is 5.75 Å². The van der Waals surface area contributed by atoms with Crippen molar-refractivity contribution in [1.29, 1.82) is 0 Å². The average molecular weight is 432 g/mol. The van der Waals surface area contributed by atoms with Gasteiger partial charge in [0.1, 0.15) is 5.75 Å². The molecule has 6 rings (SSSR count). The van der Waals surface area contributed by atoms with Crippen molar-refractivity contribution in [3.63, 3.8) is 0 Å². The van der Waals surface area contributed by atoms with Crippen molar-refractivity contribution in [2.75, 3.05) is 12.4 Å². The number of hydrogen-bond acceptors (Lipinski definition) is 3. The maximum absolute atomic E-state index is 11.0. The third-order valence-electron chi connectivity index (χ3n) is 6.15. The molecule has 5 aromatic carbocycles. The summed E-state index contributed by atoms with van der Waals surface area (Å²) < 4.78 is 2.29. The molecule has 0 radical (unpaired) electrons. The largest absolute Gasteiger partial charge is 0.505 e. The minimum Gasteiger partial charge on any atom is -0.505 e. The van der Waals surface area contributed by atoms with Crippen molar-refractivity contribution < 1.29 is 5.11 Å². The zero-order valence-electron chi connectivity index (χ0n) is 17.6. The monoisotopic (exact) mass is 431 g/mol. The summed E-state index contributed by atoms with van der Waals surface area (Å²) in [6.45, 7) is 0. The number of anilines is 1. The molecular weight excluding hydrogens is 410 g/mol. The number of hydrogen-bond donors (Lipinski definition) is 2. The molecule has 0 bridgehead atoms. The first-order chi connectivity index (χ1) is 15.7. The van der Waals surface area contributed by atoms with Gasteiger partial charge in [0.05, 0.1) is 5.69 Å². The van der Waals surface area contributed by atoms with Crippen LogP contribution in [0.3, 0.4) is 0 Å². The van der Waals surface area contributed by atoms with E-state index >= 15 is 0 Å². The maximum Gasteiger partial charge on any atom is 0.147 e. The predicted molar refractivity (Wildman–Crippen MR) is 139 cm³/mol. The number of nitrogens with one attached hydrogen (secondary N) is 1. The second-order valence-corrected chi connectivity index (χ2v) is 9.07. The lowest BCUT2D eigenvalue weighted by Gasteiger charge is -2.12. The van der Waals surface area contributed by atoms with Gasteiger partial charge in [-0.05, 0) is 51.7 Å². The molecule has 2 nitrogen and oxygen atoms in total. The Hall–Kier alpha value is -3.82. The fraction of sp³-hybridized carbons (Fsp3) is 0.0345. The molecule has 1 aromatic heterocycles. The van der Waals surface area contributed by atoms with Crippen molar-refractivity contribution in [3.05, 3.63) is 97.1 Å². The lowest BCUT2D eigenvalue weighted by atomic mass is 9.96. The van der Waals surface area contributed by atoms with E-state index in [-0.39, 0.29) is 0 Å². The van der Waals surface area contributed by atoms with E-state index in [1.54, 1.807) is 11.3 Å². The predicted octanol–water partition coefficient (Wildman–Crippen LogP) is 8.29. The Bertz CT molecular complexity index is 1620. The van der Waals surface area contributed by atoms with Crippen LogP contribution in [-0.2, 0) is 0 Å². The number of rotatable bonds is 3. The Balaban J connectivity index is 1.56. The molecule has 0 atom stereocenters. The number of phenolic OH excluding ortho intramolecular Hbond substituents is 1. The van der Waals surface area contributed by atoms with Gasteiger partial charge in [0.25, 0.3) is 0 Å². The van der Waals surface area contributed by atoms with Gasteiger partial charge in [0, 0.05) is 32.8 Å². The molecule has 154 valence electrons.